The number of ether oxygens (including phenoxy) is 1. The van der Waals surface area contributed by atoms with E-state index in [2.05, 4.69) is 22.6 Å². The summed E-state index contributed by atoms with van der Waals surface area (Å²) in [6.07, 6.45) is -2.43. The van der Waals surface area contributed by atoms with Gasteiger partial charge in [-0.05, 0) is 47.9 Å². The Hall–Kier alpha value is -1.25. The lowest BCUT2D eigenvalue weighted by Crippen LogP contribution is -2.46. The van der Waals surface area contributed by atoms with Crippen LogP contribution >= 0.6 is 22.6 Å². The standard InChI is InChI=1S/C16H17F3INO2/c1-11(12-5-3-2-4-6-12)21(15(22)16(17,18)19)9-14-8-7-13(20)10-23-14/h2-6,10-11,14H,7-9H2,1H3/t11-,14-/m1/s1. The molecule has 0 aliphatic carbocycles. The van der Waals surface area contributed by atoms with E-state index in [0.29, 0.717) is 12.0 Å². The summed E-state index contributed by atoms with van der Waals surface area (Å²) in [6.45, 7) is 1.51. The van der Waals surface area contributed by atoms with Crippen molar-refractivity contribution in [3.05, 3.63) is 45.7 Å². The SMILES string of the molecule is C[C@H](c1ccccc1)N(C[C@H]1CCC(I)=CO1)C(=O)C(F)(F)F. The quantitative estimate of drug-likeness (QED) is 0.643. The second-order valence-electron chi connectivity index (χ2n) is 5.40. The number of hydrogen-bond donors (Lipinski definition) is 0. The summed E-state index contributed by atoms with van der Waals surface area (Å²) in [5.41, 5.74) is 0.658. The van der Waals surface area contributed by atoms with Crippen molar-refractivity contribution in [3.63, 3.8) is 0 Å². The van der Waals surface area contributed by atoms with Gasteiger partial charge in [0.2, 0.25) is 0 Å². The van der Waals surface area contributed by atoms with Gasteiger partial charge in [0.25, 0.3) is 0 Å². The summed E-state index contributed by atoms with van der Waals surface area (Å²) in [7, 11) is 0. The Labute approximate surface area is 146 Å². The van der Waals surface area contributed by atoms with Crippen molar-refractivity contribution in [2.45, 2.75) is 38.1 Å². The third-order valence-electron chi connectivity index (χ3n) is 3.75. The molecule has 0 spiro atoms. The van der Waals surface area contributed by atoms with Crippen LogP contribution in [0.5, 0.6) is 0 Å². The summed E-state index contributed by atoms with van der Waals surface area (Å²) >= 11 is 2.12. The summed E-state index contributed by atoms with van der Waals surface area (Å²) in [5.74, 6) is -1.83. The van der Waals surface area contributed by atoms with E-state index in [1.165, 1.54) is 0 Å². The van der Waals surface area contributed by atoms with Gasteiger partial charge in [0.15, 0.2) is 0 Å². The third-order valence-corrected chi connectivity index (χ3v) is 4.54. The van der Waals surface area contributed by atoms with Crippen LogP contribution in [0.4, 0.5) is 13.2 Å². The molecule has 0 bridgehead atoms. The molecule has 126 valence electrons. The third kappa shape index (κ3) is 4.86. The smallest absolute Gasteiger partial charge is 0.471 e. The number of amides is 1. The van der Waals surface area contributed by atoms with Crippen LogP contribution in [0.1, 0.15) is 31.4 Å². The minimum atomic E-state index is -4.90. The van der Waals surface area contributed by atoms with E-state index in [-0.39, 0.29) is 6.54 Å². The van der Waals surface area contributed by atoms with Gasteiger partial charge in [0.05, 0.1) is 18.8 Å². The van der Waals surface area contributed by atoms with Gasteiger partial charge in [0.1, 0.15) is 6.10 Å². The van der Waals surface area contributed by atoms with Crippen LogP contribution in [-0.4, -0.2) is 29.6 Å². The molecule has 7 heteroatoms. The lowest BCUT2D eigenvalue weighted by atomic mass is 10.0. The number of benzene rings is 1. The average Bonchev–Trinajstić information content (AvgIpc) is 2.53. The number of halogens is 4. The molecule has 0 N–H and O–H groups in total. The number of carbonyl (C=O) groups excluding carboxylic acids is 1. The highest BCUT2D eigenvalue weighted by Crippen LogP contribution is 2.29. The first-order chi connectivity index (χ1) is 10.8. The van der Waals surface area contributed by atoms with E-state index in [1.54, 1.807) is 43.5 Å². The molecule has 23 heavy (non-hydrogen) atoms. The van der Waals surface area contributed by atoms with E-state index in [1.807, 2.05) is 0 Å². The minimum Gasteiger partial charge on any atom is -0.495 e. The van der Waals surface area contributed by atoms with Gasteiger partial charge in [-0.15, -0.1) is 0 Å². The number of nitrogens with zero attached hydrogens (tertiary/aromatic N) is 1. The molecule has 1 aromatic carbocycles. The monoisotopic (exact) mass is 439 g/mol. The van der Waals surface area contributed by atoms with Gasteiger partial charge in [-0.25, -0.2) is 0 Å². The number of allylic oxidation sites excluding steroid dienone is 1. The Balaban J connectivity index is 2.20. The van der Waals surface area contributed by atoms with E-state index >= 15 is 0 Å². The van der Waals surface area contributed by atoms with Crippen molar-refractivity contribution in [2.24, 2.45) is 0 Å². The van der Waals surface area contributed by atoms with Gasteiger partial charge in [0, 0.05) is 3.58 Å². The molecule has 1 heterocycles. The number of alkyl halides is 3. The second kappa shape index (κ2) is 7.55. The fourth-order valence-corrected chi connectivity index (χ4v) is 2.90. The minimum absolute atomic E-state index is 0.0885. The van der Waals surface area contributed by atoms with Crippen LogP contribution in [0.25, 0.3) is 0 Å². The fourth-order valence-electron chi connectivity index (χ4n) is 2.44. The Kier molecular flexibility index (Phi) is 5.94. The molecule has 1 aromatic rings. The van der Waals surface area contributed by atoms with E-state index in [9.17, 15) is 18.0 Å². The van der Waals surface area contributed by atoms with Gasteiger partial charge in [-0.3, -0.25) is 4.79 Å². The van der Waals surface area contributed by atoms with Crippen molar-refractivity contribution in [2.75, 3.05) is 6.54 Å². The predicted octanol–water partition coefficient (Wildman–Crippen LogP) is 4.59. The van der Waals surface area contributed by atoms with Gasteiger partial charge >= 0.3 is 12.1 Å². The maximum Gasteiger partial charge on any atom is 0.471 e. The molecule has 0 saturated carbocycles. The molecule has 2 rings (SSSR count). The summed E-state index contributed by atoms with van der Waals surface area (Å²) in [5, 5.41) is 0. The Morgan fingerprint density at radius 1 is 1.39 bits per heavy atom. The molecule has 3 nitrogen and oxygen atoms in total. The Morgan fingerprint density at radius 3 is 2.57 bits per heavy atom. The molecule has 1 aliphatic rings. The van der Waals surface area contributed by atoms with Crippen molar-refractivity contribution in [1.82, 2.24) is 4.90 Å². The first-order valence-electron chi connectivity index (χ1n) is 7.21. The van der Waals surface area contributed by atoms with Crippen LogP contribution in [0.3, 0.4) is 0 Å². The number of carbonyl (C=O) groups is 1. The number of rotatable bonds is 4. The predicted molar refractivity (Wildman–Crippen MR) is 88.8 cm³/mol. The molecule has 0 aromatic heterocycles. The maximum atomic E-state index is 12.9. The van der Waals surface area contributed by atoms with E-state index < -0.39 is 24.2 Å². The molecule has 0 saturated heterocycles. The van der Waals surface area contributed by atoms with Gasteiger partial charge in [-0.2, -0.15) is 13.2 Å². The molecule has 1 aliphatic heterocycles. The molecule has 0 fully saturated rings. The van der Waals surface area contributed by atoms with E-state index in [0.717, 1.165) is 14.9 Å². The molecule has 1 amide bonds. The maximum absolute atomic E-state index is 12.9. The van der Waals surface area contributed by atoms with Crippen molar-refractivity contribution in [1.29, 1.82) is 0 Å². The second-order valence-corrected chi connectivity index (χ2v) is 6.79. The van der Waals surface area contributed by atoms with Crippen molar-refractivity contribution >= 4 is 28.5 Å². The summed E-state index contributed by atoms with van der Waals surface area (Å²) in [6, 6.07) is 8.01. The summed E-state index contributed by atoms with van der Waals surface area (Å²) in [4.78, 5) is 12.7. The largest absolute Gasteiger partial charge is 0.495 e. The lowest BCUT2D eigenvalue weighted by Gasteiger charge is -2.34. The molecule has 2 atom stereocenters. The molecular formula is C16H17F3INO2. The number of hydrogen-bond acceptors (Lipinski definition) is 2. The zero-order chi connectivity index (χ0) is 17.0. The Morgan fingerprint density at radius 2 is 2.04 bits per heavy atom. The highest BCUT2D eigenvalue weighted by Gasteiger charge is 2.44. The Bertz CT molecular complexity index is 574. The lowest BCUT2D eigenvalue weighted by molar-refractivity contribution is -0.189. The van der Waals surface area contributed by atoms with Gasteiger partial charge < -0.3 is 9.64 Å². The van der Waals surface area contributed by atoms with Crippen LogP contribution in [0.2, 0.25) is 0 Å². The molecule has 0 unspecified atom stereocenters. The summed E-state index contributed by atoms with van der Waals surface area (Å²) < 4.78 is 45.3. The first kappa shape index (κ1) is 18.1. The van der Waals surface area contributed by atoms with Crippen molar-refractivity contribution < 1.29 is 22.7 Å². The normalized spacial score (nSPS) is 19.5. The van der Waals surface area contributed by atoms with Crippen LogP contribution in [0.15, 0.2) is 40.2 Å². The van der Waals surface area contributed by atoms with E-state index in [4.69, 9.17) is 4.74 Å². The average molecular weight is 439 g/mol. The highest BCUT2D eigenvalue weighted by molar-refractivity contribution is 14.1. The van der Waals surface area contributed by atoms with Crippen LogP contribution < -0.4 is 0 Å². The first-order valence-corrected chi connectivity index (χ1v) is 8.29. The van der Waals surface area contributed by atoms with Gasteiger partial charge in [-0.1, -0.05) is 30.3 Å². The zero-order valence-electron chi connectivity index (χ0n) is 12.5. The zero-order valence-corrected chi connectivity index (χ0v) is 14.7. The molecular weight excluding hydrogens is 422 g/mol. The highest BCUT2D eigenvalue weighted by atomic mass is 127. The molecule has 0 radical (unpaired) electrons. The van der Waals surface area contributed by atoms with Crippen molar-refractivity contribution in [3.8, 4) is 0 Å². The van der Waals surface area contributed by atoms with Crippen LogP contribution in [-0.2, 0) is 9.53 Å². The van der Waals surface area contributed by atoms with Crippen LogP contribution in [0, 0.1) is 0 Å². The fraction of sp³-hybridized carbons (Fsp3) is 0.438. The topological polar surface area (TPSA) is 29.5 Å².